The number of furan rings is 1. The van der Waals surface area contributed by atoms with E-state index in [1.807, 2.05) is 42.2 Å². The Morgan fingerprint density at radius 2 is 1.97 bits per heavy atom. The Balaban J connectivity index is 1.72. The lowest BCUT2D eigenvalue weighted by molar-refractivity contribution is -0.148. The molecular formula is C25H34N2O5. The Kier molecular flexibility index (Phi) is 8.88. The molecule has 1 aliphatic heterocycles. The Bertz CT molecular complexity index is 860. The number of esters is 1. The molecule has 2 aromatic rings. The summed E-state index contributed by atoms with van der Waals surface area (Å²) in [5.41, 5.74) is 1.17. The van der Waals surface area contributed by atoms with E-state index >= 15 is 0 Å². The number of carbonyl (C=O) groups is 2. The van der Waals surface area contributed by atoms with Crippen LogP contribution in [0.1, 0.15) is 36.8 Å². The number of ether oxygens (including phenoxy) is 2. The summed E-state index contributed by atoms with van der Waals surface area (Å²) in [4.78, 5) is 29.3. The first-order chi connectivity index (χ1) is 15.5. The third kappa shape index (κ3) is 6.93. The molecule has 1 amide bonds. The lowest BCUT2D eigenvalue weighted by Crippen LogP contribution is -2.49. The first kappa shape index (κ1) is 24.0. The molecule has 1 saturated heterocycles. The maximum absolute atomic E-state index is 13.4. The van der Waals surface area contributed by atoms with E-state index in [9.17, 15) is 9.59 Å². The number of methoxy groups -OCH3 is 1. The summed E-state index contributed by atoms with van der Waals surface area (Å²) in [7, 11) is 1.37. The number of hydrogen-bond acceptors (Lipinski definition) is 6. The number of hydrogen-bond donors (Lipinski definition) is 0. The standard InChI is InChI=1S/C25H34N2O5/c1-19-11-12-23(32-19)17-26(14-13-21-8-5-4-6-9-21)24(28)18-27(20(2)25(29)30-3)16-22-10-7-15-31-22/h4-6,8-9,11-12,20,22H,7,10,13-18H2,1-3H3/t20-,22+/m0/s1. The van der Waals surface area contributed by atoms with Gasteiger partial charge >= 0.3 is 5.97 Å². The number of carbonyl (C=O) groups excluding carboxylic acids is 2. The van der Waals surface area contributed by atoms with Crippen molar-refractivity contribution >= 4 is 11.9 Å². The predicted molar refractivity (Wildman–Crippen MR) is 121 cm³/mol. The van der Waals surface area contributed by atoms with Crippen LogP contribution in [0.25, 0.3) is 0 Å². The van der Waals surface area contributed by atoms with Gasteiger partial charge in [-0.1, -0.05) is 30.3 Å². The Hall–Kier alpha value is -2.64. The van der Waals surface area contributed by atoms with E-state index < -0.39 is 6.04 Å². The summed E-state index contributed by atoms with van der Waals surface area (Å²) in [5, 5.41) is 0. The Morgan fingerprint density at radius 1 is 1.19 bits per heavy atom. The smallest absolute Gasteiger partial charge is 0.322 e. The molecule has 2 atom stereocenters. The van der Waals surface area contributed by atoms with Gasteiger partial charge in [0, 0.05) is 19.7 Å². The van der Waals surface area contributed by atoms with Crippen LogP contribution in [0, 0.1) is 6.92 Å². The van der Waals surface area contributed by atoms with Gasteiger partial charge in [-0.05, 0) is 50.8 Å². The summed E-state index contributed by atoms with van der Waals surface area (Å²) in [5.74, 6) is 1.16. The highest BCUT2D eigenvalue weighted by atomic mass is 16.5. The molecule has 0 aliphatic carbocycles. The fourth-order valence-corrected chi connectivity index (χ4v) is 3.96. The van der Waals surface area contributed by atoms with Crippen LogP contribution in [0.5, 0.6) is 0 Å². The monoisotopic (exact) mass is 442 g/mol. The van der Waals surface area contributed by atoms with Crippen molar-refractivity contribution in [3.8, 4) is 0 Å². The average Bonchev–Trinajstić information content (AvgIpc) is 3.47. The lowest BCUT2D eigenvalue weighted by Gasteiger charge is -2.31. The fourth-order valence-electron chi connectivity index (χ4n) is 3.96. The SMILES string of the molecule is COC(=O)[C@H](C)N(CC(=O)N(CCc1ccccc1)Cc1ccc(C)o1)C[C@H]1CCCO1. The van der Waals surface area contributed by atoms with E-state index in [0.29, 0.717) is 19.6 Å². The minimum atomic E-state index is -0.532. The zero-order valence-corrected chi connectivity index (χ0v) is 19.3. The third-order valence-corrected chi connectivity index (χ3v) is 5.90. The second-order valence-corrected chi connectivity index (χ2v) is 8.33. The average molecular weight is 443 g/mol. The van der Waals surface area contributed by atoms with Crippen LogP contribution < -0.4 is 0 Å². The first-order valence-electron chi connectivity index (χ1n) is 11.3. The van der Waals surface area contributed by atoms with Gasteiger partial charge < -0.3 is 18.8 Å². The van der Waals surface area contributed by atoms with Crippen molar-refractivity contribution in [1.82, 2.24) is 9.80 Å². The quantitative estimate of drug-likeness (QED) is 0.498. The molecule has 7 heteroatoms. The van der Waals surface area contributed by atoms with Crippen molar-refractivity contribution in [2.24, 2.45) is 0 Å². The van der Waals surface area contributed by atoms with Crippen molar-refractivity contribution in [2.75, 3.05) is 33.4 Å². The molecule has 1 aromatic heterocycles. The third-order valence-electron chi connectivity index (χ3n) is 5.90. The summed E-state index contributed by atoms with van der Waals surface area (Å²) >= 11 is 0. The minimum absolute atomic E-state index is 0.0281. The van der Waals surface area contributed by atoms with Crippen LogP contribution in [0.2, 0.25) is 0 Å². The lowest BCUT2D eigenvalue weighted by atomic mass is 10.1. The van der Waals surface area contributed by atoms with Crippen molar-refractivity contribution in [1.29, 1.82) is 0 Å². The van der Waals surface area contributed by atoms with Gasteiger partial charge in [0.25, 0.3) is 0 Å². The molecule has 2 heterocycles. The molecule has 1 fully saturated rings. The van der Waals surface area contributed by atoms with E-state index in [2.05, 4.69) is 12.1 Å². The van der Waals surface area contributed by atoms with Crippen LogP contribution in [0.4, 0.5) is 0 Å². The van der Waals surface area contributed by atoms with E-state index in [1.165, 1.54) is 12.7 Å². The maximum atomic E-state index is 13.4. The summed E-state index contributed by atoms with van der Waals surface area (Å²) in [6.45, 7) is 5.97. The summed E-state index contributed by atoms with van der Waals surface area (Å²) in [6, 6.07) is 13.4. The number of nitrogens with zero attached hydrogens (tertiary/aromatic N) is 2. The normalized spacial score (nSPS) is 16.8. The van der Waals surface area contributed by atoms with Crippen LogP contribution in [0.3, 0.4) is 0 Å². The largest absolute Gasteiger partial charge is 0.468 e. The van der Waals surface area contributed by atoms with E-state index in [4.69, 9.17) is 13.9 Å². The van der Waals surface area contributed by atoms with Gasteiger partial charge in [0.05, 0.1) is 26.3 Å². The molecule has 0 spiro atoms. The molecule has 174 valence electrons. The number of aryl methyl sites for hydroxylation is 1. The van der Waals surface area contributed by atoms with Crippen molar-refractivity contribution in [3.63, 3.8) is 0 Å². The highest BCUT2D eigenvalue weighted by Gasteiger charge is 2.30. The number of benzene rings is 1. The number of amides is 1. The molecular weight excluding hydrogens is 408 g/mol. The van der Waals surface area contributed by atoms with Gasteiger partial charge in [-0.25, -0.2) is 0 Å². The zero-order valence-electron chi connectivity index (χ0n) is 19.3. The molecule has 7 nitrogen and oxygen atoms in total. The zero-order chi connectivity index (χ0) is 22.9. The van der Waals surface area contributed by atoms with Crippen LogP contribution in [-0.2, 0) is 32.0 Å². The van der Waals surface area contributed by atoms with Crippen molar-refractivity contribution in [2.45, 2.75) is 51.8 Å². The molecule has 0 saturated carbocycles. The van der Waals surface area contributed by atoms with Gasteiger partial charge in [-0.3, -0.25) is 14.5 Å². The molecule has 0 radical (unpaired) electrons. The maximum Gasteiger partial charge on any atom is 0.322 e. The molecule has 0 unspecified atom stereocenters. The highest BCUT2D eigenvalue weighted by molar-refractivity contribution is 5.80. The van der Waals surface area contributed by atoms with Gasteiger partial charge in [0.1, 0.15) is 17.6 Å². The van der Waals surface area contributed by atoms with Crippen LogP contribution >= 0.6 is 0 Å². The molecule has 1 aliphatic rings. The fraction of sp³-hybridized carbons (Fsp3) is 0.520. The Labute approximate surface area is 190 Å². The molecule has 3 rings (SSSR count). The molecule has 32 heavy (non-hydrogen) atoms. The van der Waals surface area contributed by atoms with Crippen molar-refractivity contribution in [3.05, 3.63) is 59.5 Å². The minimum Gasteiger partial charge on any atom is -0.468 e. The van der Waals surface area contributed by atoms with Crippen molar-refractivity contribution < 1.29 is 23.5 Å². The van der Waals surface area contributed by atoms with Crippen LogP contribution in [-0.4, -0.2) is 67.2 Å². The second kappa shape index (κ2) is 11.8. The van der Waals surface area contributed by atoms with Gasteiger partial charge in [-0.2, -0.15) is 0 Å². The number of rotatable bonds is 11. The molecule has 1 aromatic carbocycles. The van der Waals surface area contributed by atoms with E-state index in [0.717, 1.165) is 37.4 Å². The first-order valence-corrected chi connectivity index (χ1v) is 11.3. The predicted octanol–water partition coefficient (Wildman–Crippen LogP) is 3.20. The molecule has 0 bridgehead atoms. The summed E-state index contributed by atoms with van der Waals surface area (Å²) in [6.07, 6.45) is 2.70. The van der Waals surface area contributed by atoms with Gasteiger partial charge in [0.15, 0.2) is 0 Å². The highest BCUT2D eigenvalue weighted by Crippen LogP contribution is 2.17. The van der Waals surface area contributed by atoms with E-state index in [-0.39, 0.29) is 24.5 Å². The van der Waals surface area contributed by atoms with Crippen LogP contribution in [0.15, 0.2) is 46.9 Å². The topological polar surface area (TPSA) is 72.2 Å². The second-order valence-electron chi connectivity index (χ2n) is 8.33. The van der Waals surface area contributed by atoms with E-state index in [1.54, 1.807) is 11.8 Å². The van der Waals surface area contributed by atoms with Gasteiger partial charge in [0.2, 0.25) is 5.91 Å². The van der Waals surface area contributed by atoms with Gasteiger partial charge in [-0.15, -0.1) is 0 Å². The molecule has 0 N–H and O–H groups in total. The Morgan fingerprint density at radius 3 is 2.59 bits per heavy atom. The summed E-state index contributed by atoms with van der Waals surface area (Å²) < 4.78 is 16.4.